The average molecular weight is 2900 g/mol. The molecule has 0 aliphatic heterocycles. The molecule has 0 saturated heterocycles. The number of rotatable bonds is 0. The quantitative estimate of drug-likeness (QED) is 0.213. The van der Waals surface area contributed by atoms with E-state index < -0.39 is 9.05 Å². The van der Waals surface area contributed by atoms with E-state index in [0.29, 0.717) is 0 Å². The van der Waals surface area contributed by atoms with Gasteiger partial charge in [-0.2, -0.15) is 0 Å². The van der Waals surface area contributed by atoms with Crippen molar-refractivity contribution in [1.29, 1.82) is 0 Å². The SMILES string of the molecule is O.O.O.O.O.O.O.O.O.O.O.O.[H+].[H+].[H+].[H+].[O-2].[O-2].[O-2].[O-2].[O-2].[O-2].[O-2].[O-2].[O-2].[O-2].[O-2].[O-2].[O-2].[O-2].[O-2].[O-2].[O-2].[O-2].[O-2].[O-2].[O-2].[O-2].[O-2].[O-2].[O-][Si]([O-])([O-])[O-].[W].[W].[W].[W].[W].[W].[W].[W].[W].[W].[W].[W]. The van der Waals surface area contributed by atoms with Crippen molar-refractivity contribution < 1.29 is 475 Å². The molecule has 53 heavy (non-hydrogen) atoms. The molecule has 0 aromatic heterocycles. The number of hydrogen-bond acceptors (Lipinski definition) is 4. The second kappa shape index (κ2) is 1190. The third-order valence-electron chi connectivity index (χ3n) is 0. The van der Waals surface area contributed by atoms with E-state index in [1.807, 2.05) is 0 Å². The summed E-state index contributed by atoms with van der Waals surface area (Å²) in [7, 11) is -5.61. The van der Waals surface area contributed by atoms with Crippen LogP contribution in [0.15, 0.2) is 0 Å². The van der Waals surface area contributed by atoms with E-state index in [1.54, 1.807) is 0 Å². The van der Waals surface area contributed by atoms with Crippen molar-refractivity contribution in [1.82, 2.24) is 0 Å². The Morgan fingerprint density at radius 1 is 0.151 bits per heavy atom. The molecule has 0 aliphatic carbocycles. The molecule has 0 atom stereocenters. The van der Waals surface area contributed by atoms with Crippen LogP contribution >= 0.6 is 0 Å². The molecule has 0 unspecified atom stereocenters. The van der Waals surface area contributed by atoms with E-state index in [1.165, 1.54) is 0 Å². The zero-order valence-electron chi connectivity index (χ0n) is 26.8. The first kappa shape index (κ1) is 1750. The van der Waals surface area contributed by atoms with Crippen molar-refractivity contribution in [2.75, 3.05) is 0 Å². The van der Waals surface area contributed by atoms with E-state index in [-0.39, 0.29) is 456 Å². The Bertz CT molecular complexity index is 84.1. The minimum atomic E-state index is -5.61. The summed E-state index contributed by atoms with van der Waals surface area (Å²) in [6, 6.07) is 0. The molecule has 0 spiro atoms. The van der Waals surface area contributed by atoms with Gasteiger partial charge in [-0.25, -0.2) is 0 Å². The first-order valence-electron chi connectivity index (χ1n) is 0.816. The Labute approximate surface area is 477 Å². The maximum absolute atomic E-state index is 8.58. The molecule has 0 fully saturated rings. The van der Waals surface area contributed by atoms with Gasteiger partial charge < -0.3 is 225 Å². The monoisotopic (exact) mass is 2900 g/mol. The molecule has 40 nitrogen and oxygen atoms in total. The van der Waals surface area contributed by atoms with Gasteiger partial charge in [0, 0.05) is 253 Å². The van der Waals surface area contributed by atoms with Crippen molar-refractivity contribution in [2.45, 2.75) is 0 Å². The largest absolute Gasteiger partial charge is 2.00 e. The molecule has 0 aromatic rings. The second-order valence-corrected chi connectivity index (χ2v) is 1.50. The summed E-state index contributed by atoms with van der Waals surface area (Å²) in [5, 5.41) is 0. The molecule has 0 saturated carbocycles. The molecular weight excluding hydrogens is 2870 g/mol. The first-order valence-corrected chi connectivity index (χ1v) is 2.45. The van der Waals surface area contributed by atoms with Gasteiger partial charge in [-0.15, -0.1) is 0 Å². The van der Waals surface area contributed by atoms with Gasteiger partial charge in [0.05, 0.1) is 0 Å². The molecular formula is H28O40SiW12-48. The topological polar surface area (TPSA) is 1150 Å². The van der Waals surface area contributed by atoms with Gasteiger partial charge in [-0.1, -0.05) is 0 Å². The van der Waals surface area contributed by atoms with Crippen molar-refractivity contribution in [3.8, 4) is 0 Å². The molecule has 0 heterocycles. The zero-order chi connectivity index (χ0) is 4.50. The number of hydrogen-bond donors (Lipinski definition) is 0. The molecule has 24 N–H and O–H groups in total. The van der Waals surface area contributed by atoms with Crippen molar-refractivity contribution in [3.05, 3.63) is 0 Å². The molecule has 0 radical (unpaired) electrons. The van der Waals surface area contributed by atoms with E-state index >= 15 is 0 Å². The summed E-state index contributed by atoms with van der Waals surface area (Å²) >= 11 is 0. The molecule has 53 heteroatoms. The van der Waals surface area contributed by atoms with Crippen LogP contribution in [0.4, 0.5) is 0 Å². The second-order valence-electron chi connectivity index (χ2n) is 0.500. The van der Waals surface area contributed by atoms with Gasteiger partial charge in [0.25, 0.3) is 0 Å². The minimum absolute atomic E-state index is 0. The van der Waals surface area contributed by atoms with Crippen LogP contribution in [0.5, 0.6) is 0 Å². The smallest absolute Gasteiger partial charge is 1.00 e. The maximum Gasteiger partial charge on any atom is 1.00 e. The van der Waals surface area contributed by atoms with E-state index in [4.69, 9.17) is 19.2 Å². The average Bonchev–Trinajstić information content (AvgIpc) is 0.722. The van der Waals surface area contributed by atoms with E-state index in [0.717, 1.165) is 0 Å². The van der Waals surface area contributed by atoms with Gasteiger partial charge in [-0.05, 0) is 0 Å². The molecule has 0 amide bonds. The molecule has 0 aromatic carbocycles. The normalized spacial score (nSPS) is 1.13. The summed E-state index contributed by atoms with van der Waals surface area (Å²) in [6.45, 7) is 0. The summed E-state index contributed by atoms with van der Waals surface area (Å²) in [6.07, 6.45) is 0. The fourth-order valence-electron chi connectivity index (χ4n) is 0. The van der Waals surface area contributed by atoms with Crippen LogP contribution in [-0.2, 0) is 384 Å². The van der Waals surface area contributed by atoms with Crippen LogP contribution in [-0.4, -0.2) is 74.8 Å². The fraction of sp³-hybridized carbons (Fsp3) is 0. The predicted octanol–water partition coefficient (Wildman–Crippen LogP) is -17.5. The molecule has 0 rings (SSSR count). The molecule has 392 valence electrons. The summed E-state index contributed by atoms with van der Waals surface area (Å²) < 4.78 is 0. The van der Waals surface area contributed by atoms with Gasteiger partial charge >= 0.3 is 5.71 Å². The zero-order valence-corrected chi connectivity index (χ0v) is 59.0. The third kappa shape index (κ3) is 4030. The Morgan fingerprint density at radius 3 is 0.151 bits per heavy atom. The van der Waals surface area contributed by atoms with Crippen LogP contribution in [0.3, 0.4) is 0 Å². The third-order valence-corrected chi connectivity index (χ3v) is 0. The standard InChI is InChI=1S/O4Si.12H2O.24O.12W/c1-5(2,3)4;;;;;;;;;;;;;;;;;;;;;;;;;;;;;;;;;;;;;;;;;;;;;;;;/h;12*1H2;;;;;;;;;;;;;;;;;;;;;;;;;;;;;;;;;;;;/q-4;;;;;;;;;;;;;24*-2;;;;;;;;;;;;/p+4. The Kier molecular flexibility index (Phi) is 39400. The van der Waals surface area contributed by atoms with Crippen LogP contribution < -0.4 is 19.2 Å². The first-order chi connectivity index (χ1) is 2.00. The van der Waals surface area contributed by atoms with Gasteiger partial charge in [0.15, 0.2) is 0 Å². The van der Waals surface area contributed by atoms with Crippen LogP contribution in [0.2, 0.25) is 0 Å². The minimum Gasteiger partial charge on any atom is -2.00 e. The van der Waals surface area contributed by atoms with Gasteiger partial charge in [0.2, 0.25) is 0 Å². The van der Waals surface area contributed by atoms with E-state index in [2.05, 4.69) is 0 Å². The van der Waals surface area contributed by atoms with Crippen LogP contribution in [0, 0.1) is 0 Å². The fourth-order valence-corrected chi connectivity index (χ4v) is 0. The predicted molar refractivity (Wildman–Crippen MR) is 70.0 cm³/mol. The summed E-state index contributed by atoms with van der Waals surface area (Å²) in [5.41, 5.74) is 0. The summed E-state index contributed by atoms with van der Waals surface area (Å²) in [5.74, 6) is 0. The van der Waals surface area contributed by atoms with E-state index in [9.17, 15) is 0 Å². The van der Waals surface area contributed by atoms with Gasteiger partial charge in [-0.3, -0.25) is 0 Å². The summed E-state index contributed by atoms with van der Waals surface area (Å²) in [4.78, 5) is 34.3. The Morgan fingerprint density at radius 2 is 0.151 bits per heavy atom. The Hall–Kier alpha value is 6.88. The van der Waals surface area contributed by atoms with Crippen molar-refractivity contribution in [3.63, 3.8) is 0 Å². The van der Waals surface area contributed by atoms with Crippen molar-refractivity contribution >= 4 is 9.05 Å². The molecule has 0 bridgehead atoms. The van der Waals surface area contributed by atoms with Crippen LogP contribution in [0.25, 0.3) is 0 Å². The Balaban J connectivity index is -0.0000000000603. The maximum atomic E-state index is 8.58. The van der Waals surface area contributed by atoms with Crippen LogP contribution in [0.1, 0.15) is 5.71 Å². The van der Waals surface area contributed by atoms with Gasteiger partial charge in [0.1, 0.15) is 0 Å². The molecule has 0 aliphatic rings. The van der Waals surface area contributed by atoms with Crippen molar-refractivity contribution in [2.24, 2.45) is 0 Å².